The summed E-state index contributed by atoms with van der Waals surface area (Å²) in [5.74, 6) is -0.120. The lowest BCUT2D eigenvalue weighted by atomic mass is 10.2. The molecule has 94 valence electrons. The van der Waals surface area contributed by atoms with E-state index in [4.69, 9.17) is 0 Å². The van der Waals surface area contributed by atoms with Gasteiger partial charge in [-0.2, -0.15) is 0 Å². The van der Waals surface area contributed by atoms with E-state index >= 15 is 0 Å². The molecule has 19 heavy (non-hydrogen) atoms. The van der Waals surface area contributed by atoms with Crippen LogP contribution in [0.15, 0.2) is 54.9 Å². The molecule has 4 heteroatoms. The van der Waals surface area contributed by atoms with Crippen LogP contribution in [0.1, 0.15) is 10.5 Å². The van der Waals surface area contributed by atoms with Crippen molar-refractivity contribution in [1.29, 1.82) is 0 Å². The number of para-hydroxylation sites is 1. The van der Waals surface area contributed by atoms with Crippen LogP contribution in [0, 0.1) is 0 Å². The minimum Gasteiger partial charge on any atom is -0.340 e. The van der Waals surface area contributed by atoms with E-state index in [9.17, 15) is 4.79 Å². The van der Waals surface area contributed by atoms with Gasteiger partial charge in [0.1, 0.15) is 5.69 Å². The number of fused-ring (bicyclic) bond motifs is 1. The van der Waals surface area contributed by atoms with E-state index in [1.807, 2.05) is 41.9 Å². The number of hydrogen-bond acceptors (Lipinski definition) is 2. The molecule has 0 radical (unpaired) electrons. The molecule has 0 atom stereocenters. The number of benzene rings is 1. The van der Waals surface area contributed by atoms with Crippen molar-refractivity contribution in [2.45, 2.75) is 0 Å². The van der Waals surface area contributed by atoms with Crippen LogP contribution in [0.25, 0.3) is 10.9 Å². The number of anilines is 1. The average Bonchev–Trinajstić information content (AvgIpc) is 2.78. The van der Waals surface area contributed by atoms with Gasteiger partial charge in [0.25, 0.3) is 5.91 Å². The SMILES string of the molecule is Cn1c(C(=O)Nc2ccncc2)cc2ccccc21. The molecule has 0 saturated heterocycles. The van der Waals surface area contributed by atoms with Crippen molar-refractivity contribution in [2.24, 2.45) is 7.05 Å². The smallest absolute Gasteiger partial charge is 0.272 e. The third kappa shape index (κ3) is 2.08. The predicted octanol–water partition coefficient (Wildman–Crippen LogP) is 2.83. The molecular formula is C15H13N3O. The molecule has 2 aromatic heterocycles. The molecule has 4 nitrogen and oxygen atoms in total. The fourth-order valence-electron chi connectivity index (χ4n) is 2.14. The predicted molar refractivity (Wildman–Crippen MR) is 75.1 cm³/mol. The van der Waals surface area contributed by atoms with Gasteiger partial charge in [0.15, 0.2) is 0 Å². The van der Waals surface area contributed by atoms with Gasteiger partial charge in [0.2, 0.25) is 0 Å². The van der Waals surface area contributed by atoms with Crippen molar-refractivity contribution in [3.05, 3.63) is 60.6 Å². The van der Waals surface area contributed by atoms with Gasteiger partial charge in [-0.05, 0) is 24.3 Å². The van der Waals surface area contributed by atoms with Crippen LogP contribution in [0.3, 0.4) is 0 Å². The molecule has 0 aliphatic rings. The van der Waals surface area contributed by atoms with Gasteiger partial charge >= 0.3 is 0 Å². The minimum absolute atomic E-state index is 0.120. The number of carbonyl (C=O) groups excluding carboxylic acids is 1. The summed E-state index contributed by atoms with van der Waals surface area (Å²) >= 11 is 0. The second kappa shape index (κ2) is 4.57. The third-order valence-electron chi connectivity index (χ3n) is 3.12. The van der Waals surface area contributed by atoms with E-state index in [2.05, 4.69) is 10.3 Å². The maximum absolute atomic E-state index is 12.3. The van der Waals surface area contributed by atoms with E-state index in [1.165, 1.54) is 0 Å². The van der Waals surface area contributed by atoms with Crippen LogP contribution in [-0.4, -0.2) is 15.5 Å². The summed E-state index contributed by atoms with van der Waals surface area (Å²) in [6.07, 6.45) is 3.30. The Morgan fingerprint density at radius 1 is 1.16 bits per heavy atom. The number of hydrogen-bond donors (Lipinski definition) is 1. The molecule has 1 aromatic carbocycles. The van der Waals surface area contributed by atoms with E-state index in [1.54, 1.807) is 24.5 Å². The molecule has 0 bridgehead atoms. The van der Waals surface area contributed by atoms with Gasteiger partial charge < -0.3 is 9.88 Å². The number of amides is 1. The third-order valence-corrected chi connectivity index (χ3v) is 3.12. The van der Waals surface area contributed by atoms with Crippen LogP contribution < -0.4 is 5.32 Å². The molecule has 0 saturated carbocycles. The maximum atomic E-state index is 12.3. The molecule has 2 heterocycles. The van der Waals surface area contributed by atoms with Gasteiger partial charge in [-0.3, -0.25) is 9.78 Å². The molecule has 0 fully saturated rings. The molecular weight excluding hydrogens is 238 g/mol. The van der Waals surface area contributed by atoms with Crippen molar-refractivity contribution in [3.63, 3.8) is 0 Å². The number of aryl methyl sites for hydroxylation is 1. The molecule has 0 aliphatic heterocycles. The highest BCUT2D eigenvalue weighted by Gasteiger charge is 2.12. The van der Waals surface area contributed by atoms with E-state index < -0.39 is 0 Å². The number of pyridine rings is 1. The van der Waals surface area contributed by atoms with Gasteiger partial charge in [-0.25, -0.2) is 0 Å². The molecule has 0 spiro atoms. The number of nitrogens with one attached hydrogen (secondary N) is 1. The second-order valence-electron chi connectivity index (χ2n) is 4.34. The summed E-state index contributed by atoms with van der Waals surface area (Å²) in [6.45, 7) is 0. The van der Waals surface area contributed by atoms with Crippen molar-refractivity contribution in [3.8, 4) is 0 Å². The van der Waals surface area contributed by atoms with Crippen molar-refractivity contribution in [2.75, 3.05) is 5.32 Å². The Balaban J connectivity index is 1.96. The Morgan fingerprint density at radius 2 is 1.89 bits per heavy atom. The Morgan fingerprint density at radius 3 is 2.63 bits per heavy atom. The molecule has 0 unspecified atom stereocenters. The zero-order valence-corrected chi connectivity index (χ0v) is 10.5. The number of carbonyl (C=O) groups is 1. The molecule has 3 rings (SSSR count). The Bertz CT molecular complexity index is 731. The average molecular weight is 251 g/mol. The first-order valence-electron chi connectivity index (χ1n) is 6.01. The Hall–Kier alpha value is -2.62. The second-order valence-corrected chi connectivity index (χ2v) is 4.34. The molecule has 1 amide bonds. The van der Waals surface area contributed by atoms with Crippen LogP contribution in [0.2, 0.25) is 0 Å². The van der Waals surface area contributed by atoms with Crippen molar-refractivity contribution in [1.82, 2.24) is 9.55 Å². The van der Waals surface area contributed by atoms with Crippen molar-refractivity contribution >= 4 is 22.5 Å². The summed E-state index contributed by atoms with van der Waals surface area (Å²) in [7, 11) is 1.89. The van der Waals surface area contributed by atoms with Gasteiger partial charge in [0.05, 0.1) is 0 Å². The van der Waals surface area contributed by atoms with Gasteiger partial charge in [-0.1, -0.05) is 18.2 Å². The standard InChI is InChI=1S/C15H13N3O/c1-18-13-5-3-2-4-11(13)10-14(18)15(19)17-12-6-8-16-9-7-12/h2-10H,1H3,(H,16,17,19). The van der Waals surface area contributed by atoms with Crippen LogP contribution in [0.5, 0.6) is 0 Å². The van der Waals surface area contributed by atoms with Crippen molar-refractivity contribution < 1.29 is 4.79 Å². The first kappa shape index (κ1) is 11.5. The number of aromatic nitrogens is 2. The topological polar surface area (TPSA) is 46.9 Å². The Kier molecular flexibility index (Phi) is 2.76. The van der Waals surface area contributed by atoms with E-state index in [-0.39, 0.29) is 5.91 Å². The fourth-order valence-corrected chi connectivity index (χ4v) is 2.14. The quantitative estimate of drug-likeness (QED) is 0.761. The molecule has 1 N–H and O–H groups in total. The molecule has 0 aliphatic carbocycles. The maximum Gasteiger partial charge on any atom is 0.272 e. The van der Waals surface area contributed by atoms with Crippen LogP contribution in [-0.2, 0) is 7.05 Å². The van der Waals surface area contributed by atoms with Crippen LogP contribution >= 0.6 is 0 Å². The van der Waals surface area contributed by atoms with E-state index in [0.29, 0.717) is 5.69 Å². The largest absolute Gasteiger partial charge is 0.340 e. The van der Waals surface area contributed by atoms with Crippen LogP contribution in [0.4, 0.5) is 5.69 Å². The highest BCUT2D eigenvalue weighted by molar-refractivity contribution is 6.06. The highest BCUT2D eigenvalue weighted by Crippen LogP contribution is 2.19. The highest BCUT2D eigenvalue weighted by atomic mass is 16.1. The lowest BCUT2D eigenvalue weighted by Gasteiger charge is -2.06. The summed E-state index contributed by atoms with van der Waals surface area (Å²) in [4.78, 5) is 16.2. The first-order chi connectivity index (χ1) is 9.25. The fraction of sp³-hybridized carbons (Fsp3) is 0.0667. The normalized spacial score (nSPS) is 10.6. The lowest BCUT2D eigenvalue weighted by Crippen LogP contribution is -2.15. The van der Waals surface area contributed by atoms with Gasteiger partial charge in [0, 0.05) is 36.0 Å². The van der Waals surface area contributed by atoms with Gasteiger partial charge in [-0.15, -0.1) is 0 Å². The molecule has 3 aromatic rings. The zero-order valence-electron chi connectivity index (χ0n) is 10.5. The summed E-state index contributed by atoms with van der Waals surface area (Å²) < 4.78 is 1.89. The Labute approximate surface area is 110 Å². The monoisotopic (exact) mass is 251 g/mol. The number of nitrogens with zero attached hydrogens (tertiary/aromatic N) is 2. The number of rotatable bonds is 2. The summed E-state index contributed by atoms with van der Waals surface area (Å²) in [5.41, 5.74) is 2.42. The summed E-state index contributed by atoms with van der Waals surface area (Å²) in [6, 6.07) is 13.4. The summed E-state index contributed by atoms with van der Waals surface area (Å²) in [5, 5.41) is 3.92. The lowest BCUT2D eigenvalue weighted by molar-refractivity contribution is 0.102. The van der Waals surface area contributed by atoms with E-state index in [0.717, 1.165) is 16.6 Å². The minimum atomic E-state index is -0.120. The first-order valence-corrected chi connectivity index (χ1v) is 6.01. The zero-order chi connectivity index (χ0) is 13.2.